The fraction of sp³-hybridized carbons (Fsp3) is 0.780. The number of carbonyl (C=O) groups is 3. The van der Waals surface area contributed by atoms with Crippen LogP contribution >= 0.6 is 0 Å². The summed E-state index contributed by atoms with van der Waals surface area (Å²) >= 11 is 0. The highest BCUT2D eigenvalue weighted by Crippen LogP contribution is 2.15. The lowest BCUT2D eigenvalue weighted by molar-refractivity contribution is -0.167. The van der Waals surface area contributed by atoms with Gasteiger partial charge in [-0.2, -0.15) is 0 Å². The van der Waals surface area contributed by atoms with Crippen LogP contribution in [0.5, 0.6) is 0 Å². The van der Waals surface area contributed by atoms with E-state index in [9.17, 15) is 14.4 Å². The van der Waals surface area contributed by atoms with E-state index in [1.165, 1.54) is 148 Å². The Morgan fingerprint density at radius 3 is 0.938 bits per heavy atom. The molecule has 0 saturated carbocycles. The lowest BCUT2D eigenvalue weighted by Crippen LogP contribution is -2.30. The second kappa shape index (κ2) is 53.7. The zero-order valence-corrected chi connectivity index (χ0v) is 43.0. The van der Waals surface area contributed by atoms with E-state index < -0.39 is 6.10 Å². The van der Waals surface area contributed by atoms with Gasteiger partial charge in [-0.25, -0.2) is 0 Å². The summed E-state index contributed by atoms with van der Waals surface area (Å²) in [7, 11) is 0. The molecule has 1 unspecified atom stereocenters. The molecule has 0 aromatic rings. The van der Waals surface area contributed by atoms with Crippen molar-refractivity contribution in [3.05, 3.63) is 60.8 Å². The molecule has 0 bridgehead atoms. The zero-order valence-electron chi connectivity index (χ0n) is 43.0. The maximum absolute atomic E-state index is 12.8. The molecule has 0 amide bonds. The van der Waals surface area contributed by atoms with Crippen molar-refractivity contribution in [3.8, 4) is 0 Å². The van der Waals surface area contributed by atoms with Crippen LogP contribution in [0.25, 0.3) is 0 Å². The number of hydrogen-bond acceptors (Lipinski definition) is 6. The smallest absolute Gasteiger partial charge is 0.306 e. The molecule has 0 aliphatic rings. The van der Waals surface area contributed by atoms with Crippen molar-refractivity contribution >= 4 is 17.9 Å². The van der Waals surface area contributed by atoms with Gasteiger partial charge in [0.1, 0.15) is 13.2 Å². The topological polar surface area (TPSA) is 78.9 Å². The first-order chi connectivity index (χ1) is 32.0. The van der Waals surface area contributed by atoms with Gasteiger partial charge in [0.25, 0.3) is 0 Å². The van der Waals surface area contributed by atoms with Crippen molar-refractivity contribution < 1.29 is 28.6 Å². The van der Waals surface area contributed by atoms with Crippen molar-refractivity contribution in [2.24, 2.45) is 0 Å². The van der Waals surface area contributed by atoms with Crippen LogP contribution in [0.2, 0.25) is 0 Å². The second-order valence-corrected chi connectivity index (χ2v) is 18.5. The predicted octanol–water partition coefficient (Wildman–Crippen LogP) is 18.4. The molecule has 0 heterocycles. The lowest BCUT2D eigenvalue weighted by atomic mass is 10.0. The summed E-state index contributed by atoms with van der Waals surface area (Å²) in [5, 5.41) is 0. The highest BCUT2D eigenvalue weighted by atomic mass is 16.6. The van der Waals surface area contributed by atoms with Gasteiger partial charge in [-0.3, -0.25) is 14.4 Å². The third-order valence-electron chi connectivity index (χ3n) is 12.0. The molecule has 0 aromatic carbocycles. The number of ether oxygens (including phenoxy) is 3. The third kappa shape index (κ3) is 51.9. The molecule has 376 valence electrons. The highest BCUT2D eigenvalue weighted by Gasteiger charge is 2.19. The highest BCUT2D eigenvalue weighted by molar-refractivity contribution is 5.71. The summed E-state index contributed by atoms with van der Waals surface area (Å²) in [6, 6.07) is 0. The van der Waals surface area contributed by atoms with Gasteiger partial charge >= 0.3 is 17.9 Å². The number of rotatable bonds is 50. The maximum Gasteiger partial charge on any atom is 0.306 e. The van der Waals surface area contributed by atoms with E-state index in [4.69, 9.17) is 14.2 Å². The molecule has 0 aliphatic heterocycles. The largest absolute Gasteiger partial charge is 0.462 e. The number of carbonyl (C=O) groups excluding carboxylic acids is 3. The van der Waals surface area contributed by atoms with Crippen LogP contribution in [-0.4, -0.2) is 37.2 Å². The van der Waals surface area contributed by atoms with E-state index in [1.54, 1.807) is 0 Å². The van der Waals surface area contributed by atoms with E-state index in [-0.39, 0.29) is 31.1 Å². The van der Waals surface area contributed by atoms with Gasteiger partial charge in [0.15, 0.2) is 6.10 Å². The fourth-order valence-corrected chi connectivity index (χ4v) is 7.84. The monoisotopic (exact) mass is 909 g/mol. The van der Waals surface area contributed by atoms with Crippen LogP contribution < -0.4 is 0 Å². The van der Waals surface area contributed by atoms with Crippen LogP contribution in [0.3, 0.4) is 0 Å². The first-order valence-corrected chi connectivity index (χ1v) is 27.8. The Bertz CT molecular complexity index is 1180. The molecule has 0 aliphatic carbocycles. The lowest BCUT2D eigenvalue weighted by Gasteiger charge is -2.18. The minimum absolute atomic E-state index is 0.0777. The third-order valence-corrected chi connectivity index (χ3v) is 12.0. The number of esters is 3. The Balaban J connectivity index is 4.19. The van der Waals surface area contributed by atoms with Crippen LogP contribution in [0.4, 0.5) is 0 Å². The fourth-order valence-electron chi connectivity index (χ4n) is 7.84. The molecule has 1 atom stereocenters. The maximum atomic E-state index is 12.8. The van der Waals surface area contributed by atoms with Crippen molar-refractivity contribution in [1.29, 1.82) is 0 Å². The summed E-state index contributed by atoms with van der Waals surface area (Å²) in [5.74, 6) is -0.889. The molecule has 0 fully saturated rings. The molecule has 0 aromatic heterocycles. The summed E-state index contributed by atoms with van der Waals surface area (Å²) in [6.45, 7) is 6.48. The minimum Gasteiger partial charge on any atom is -0.462 e. The van der Waals surface area contributed by atoms with Gasteiger partial charge in [-0.15, -0.1) is 0 Å². The number of allylic oxidation sites excluding steroid dienone is 10. The Labute approximate surface area is 402 Å². The van der Waals surface area contributed by atoms with E-state index in [0.717, 1.165) is 89.9 Å². The number of hydrogen-bond donors (Lipinski definition) is 0. The summed E-state index contributed by atoms with van der Waals surface area (Å²) < 4.78 is 16.8. The Kier molecular flexibility index (Phi) is 51.3. The summed E-state index contributed by atoms with van der Waals surface area (Å²) in [4.78, 5) is 37.9. The molecular formula is C59H104O6. The van der Waals surface area contributed by atoms with E-state index >= 15 is 0 Å². The van der Waals surface area contributed by atoms with Gasteiger partial charge < -0.3 is 14.2 Å². The Hall–Kier alpha value is -2.89. The van der Waals surface area contributed by atoms with Gasteiger partial charge in [-0.05, 0) is 83.5 Å². The normalized spacial score (nSPS) is 12.5. The molecule has 65 heavy (non-hydrogen) atoms. The molecule has 0 saturated heterocycles. The van der Waals surface area contributed by atoms with Crippen molar-refractivity contribution in [2.75, 3.05) is 13.2 Å². The minimum atomic E-state index is -0.777. The second-order valence-electron chi connectivity index (χ2n) is 18.5. The Morgan fingerprint density at radius 2 is 0.600 bits per heavy atom. The van der Waals surface area contributed by atoms with Crippen molar-refractivity contribution in [3.63, 3.8) is 0 Å². The Morgan fingerprint density at radius 1 is 0.323 bits per heavy atom. The van der Waals surface area contributed by atoms with Crippen molar-refractivity contribution in [1.82, 2.24) is 0 Å². The molecule has 0 N–H and O–H groups in total. The van der Waals surface area contributed by atoms with E-state index in [0.29, 0.717) is 19.3 Å². The molecule has 0 radical (unpaired) electrons. The quantitative estimate of drug-likeness (QED) is 0.0262. The van der Waals surface area contributed by atoms with E-state index in [2.05, 4.69) is 81.5 Å². The molecule has 6 nitrogen and oxygen atoms in total. The average Bonchev–Trinajstić information content (AvgIpc) is 3.30. The van der Waals surface area contributed by atoms with Crippen LogP contribution in [-0.2, 0) is 28.6 Å². The summed E-state index contributed by atoms with van der Waals surface area (Å²) in [6.07, 6.45) is 66.6. The van der Waals surface area contributed by atoms with E-state index in [1.807, 2.05) is 0 Å². The average molecular weight is 909 g/mol. The summed E-state index contributed by atoms with van der Waals surface area (Å²) in [5.41, 5.74) is 0. The van der Waals surface area contributed by atoms with Gasteiger partial charge in [0.05, 0.1) is 0 Å². The molecule has 0 spiro atoms. The first kappa shape index (κ1) is 62.1. The number of unbranched alkanes of at least 4 members (excludes halogenated alkanes) is 29. The zero-order chi connectivity index (χ0) is 47.2. The van der Waals surface area contributed by atoms with Crippen LogP contribution in [0, 0.1) is 0 Å². The first-order valence-electron chi connectivity index (χ1n) is 27.8. The van der Waals surface area contributed by atoms with Crippen molar-refractivity contribution in [2.45, 2.75) is 284 Å². The predicted molar refractivity (Wildman–Crippen MR) is 279 cm³/mol. The standard InChI is InChI=1S/C59H104O6/c1-4-7-10-13-16-18-20-22-24-26-27-28-29-30-31-33-34-36-38-40-43-46-49-52-58(61)64-55-56(54-63-57(60)51-48-45-42-15-12-9-6-3)65-59(62)53-50-47-44-41-39-37-35-32-25-23-21-19-17-14-11-8-5-2/h8,11,17,19-20,22-23,25-27,56H,4-7,9-10,12-16,18,21,24,28-55H2,1-3H3/b11-8-,19-17-,22-20-,25-23-,27-26-. The van der Waals surface area contributed by atoms with Gasteiger partial charge in [0.2, 0.25) is 0 Å². The molecular weight excluding hydrogens is 805 g/mol. The SMILES string of the molecule is CC/C=C\C/C=C\C/C=C\CCCCCCCCCC(=O)OC(COC(=O)CCCCCCCCC)COC(=O)CCCCCCCCCCCCC/C=C\C/C=C\CCCCCCC. The molecule has 6 heteroatoms. The van der Waals surface area contributed by atoms with Crippen LogP contribution in [0.15, 0.2) is 60.8 Å². The van der Waals surface area contributed by atoms with Crippen LogP contribution in [0.1, 0.15) is 278 Å². The van der Waals surface area contributed by atoms with Gasteiger partial charge in [0, 0.05) is 19.3 Å². The van der Waals surface area contributed by atoms with Gasteiger partial charge in [-0.1, -0.05) is 236 Å². The molecule has 0 rings (SSSR count).